The van der Waals surface area contributed by atoms with E-state index in [9.17, 15) is 9.59 Å². The Morgan fingerprint density at radius 1 is 1.38 bits per heavy atom. The minimum Gasteiger partial charge on any atom is -0.477 e. The second-order valence-electron chi connectivity index (χ2n) is 3.06. The molecule has 0 bridgehead atoms. The zero-order valence-electron chi connectivity index (χ0n) is 8.26. The lowest BCUT2D eigenvalue weighted by atomic mass is 10.3. The van der Waals surface area contributed by atoms with E-state index >= 15 is 0 Å². The molecule has 82 valence electrons. The summed E-state index contributed by atoms with van der Waals surface area (Å²) < 4.78 is 0. The molecule has 0 aliphatic rings. The van der Waals surface area contributed by atoms with E-state index in [0.29, 0.717) is 15.4 Å². The molecule has 0 aliphatic carbocycles. The van der Waals surface area contributed by atoms with Crippen molar-refractivity contribution in [3.05, 3.63) is 27.4 Å². The Morgan fingerprint density at radius 2 is 2.12 bits per heavy atom. The maximum Gasteiger partial charge on any atom is 0.348 e. The molecule has 0 radical (unpaired) electrons. The average Bonchev–Trinajstić information content (AvgIpc) is 2.86. The topological polar surface area (TPSA) is 67.3 Å². The lowest BCUT2D eigenvalue weighted by Crippen LogP contribution is -1.94. The van der Waals surface area contributed by atoms with E-state index in [0.717, 1.165) is 11.3 Å². The molecule has 0 unspecified atom stereocenters. The van der Waals surface area contributed by atoms with Crippen LogP contribution >= 0.6 is 22.7 Å². The Kier molecular flexibility index (Phi) is 2.84. The Balaban J connectivity index is 2.46. The monoisotopic (exact) mass is 253 g/mol. The first-order valence-electron chi connectivity index (χ1n) is 4.37. The van der Waals surface area contributed by atoms with Gasteiger partial charge in [0.15, 0.2) is 5.78 Å². The molecule has 2 heterocycles. The highest BCUT2D eigenvalue weighted by atomic mass is 32.1. The van der Waals surface area contributed by atoms with Gasteiger partial charge < -0.3 is 5.11 Å². The molecular formula is C10H7NO3S2. The van der Waals surface area contributed by atoms with Crippen molar-refractivity contribution in [2.45, 2.75) is 6.92 Å². The summed E-state index contributed by atoms with van der Waals surface area (Å²) in [6, 6.07) is 3.41. The summed E-state index contributed by atoms with van der Waals surface area (Å²) >= 11 is 2.34. The van der Waals surface area contributed by atoms with Gasteiger partial charge in [-0.1, -0.05) is 0 Å². The molecule has 6 heteroatoms. The lowest BCUT2D eigenvalue weighted by molar-refractivity contribution is 0.0702. The summed E-state index contributed by atoms with van der Waals surface area (Å²) in [5.41, 5.74) is 1.93. The number of carboxylic acid groups (broad SMARTS) is 1. The summed E-state index contributed by atoms with van der Waals surface area (Å²) in [5.74, 6) is -1.02. The van der Waals surface area contributed by atoms with Gasteiger partial charge in [-0.3, -0.25) is 4.79 Å². The van der Waals surface area contributed by atoms with Crippen LogP contribution in [-0.4, -0.2) is 21.8 Å². The van der Waals surface area contributed by atoms with Gasteiger partial charge in [-0.15, -0.1) is 22.7 Å². The number of aromatic carboxylic acids is 1. The SMILES string of the molecule is CC(=O)c1ccc(-c2ncsc2C(=O)O)s1. The highest BCUT2D eigenvalue weighted by Gasteiger charge is 2.17. The fraction of sp³-hybridized carbons (Fsp3) is 0.100. The first-order valence-corrected chi connectivity index (χ1v) is 6.07. The smallest absolute Gasteiger partial charge is 0.348 e. The number of aromatic nitrogens is 1. The number of rotatable bonds is 3. The third-order valence-electron chi connectivity index (χ3n) is 1.95. The summed E-state index contributed by atoms with van der Waals surface area (Å²) in [6.07, 6.45) is 0. The van der Waals surface area contributed by atoms with Crippen LogP contribution in [0.25, 0.3) is 10.6 Å². The fourth-order valence-corrected chi connectivity index (χ4v) is 2.84. The van der Waals surface area contributed by atoms with Gasteiger partial charge >= 0.3 is 5.97 Å². The summed E-state index contributed by atoms with van der Waals surface area (Å²) in [4.78, 5) is 27.6. The van der Waals surface area contributed by atoms with E-state index in [1.165, 1.54) is 23.8 Å². The van der Waals surface area contributed by atoms with Crippen LogP contribution in [0, 0.1) is 0 Å². The van der Waals surface area contributed by atoms with Crippen molar-refractivity contribution in [1.82, 2.24) is 4.98 Å². The Hall–Kier alpha value is -1.53. The summed E-state index contributed by atoms with van der Waals surface area (Å²) in [5, 5.41) is 8.94. The lowest BCUT2D eigenvalue weighted by Gasteiger charge is -1.93. The number of Topliss-reactive ketones (excluding diaryl/α,β-unsaturated/α-hetero) is 1. The molecule has 0 atom stereocenters. The van der Waals surface area contributed by atoms with Gasteiger partial charge in [-0.25, -0.2) is 9.78 Å². The van der Waals surface area contributed by atoms with E-state index in [1.54, 1.807) is 12.1 Å². The van der Waals surface area contributed by atoms with Gasteiger partial charge in [-0.2, -0.15) is 0 Å². The molecule has 0 amide bonds. The molecule has 16 heavy (non-hydrogen) atoms. The third kappa shape index (κ3) is 1.89. The number of carbonyl (C=O) groups is 2. The van der Waals surface area contributed by atoms with Crippen molar-refractivity contribution in [2.75, 3.05) is 0 Å². The molecule has 0 saturated carbocycles. The molecule has 0 aliphatic heterocycles. The Labute approximate surface area is 99.2 Å². The first kappa shape index (κ1) is 11.0. The zero-order valence-corrected chi connectivity index (χ0v) is 9.89. The van der Waals surface area contributed by atoms with Crippen molar-refractivity contribution in [3.8, 4) is 10.6 Å². The zero-order chi connectivity index (χ0) is 11.7. The molecule has 1 N–H and O–H groups in total. The van der Waals surface area contributed by atoms with Crippen LogP contribution in [0.15, 0.2) is 17.6 Å². The van der Waals surface area contributed by atoms with Crippen molar-refractivity contribution < 1.29 is 14.7 Å². The van der Waals surface area contributed by atoms with Gasteiger partial charge in [0.05, 0.1) is 15.3 Å². The van der Waals surface area contributed by atoms with Crippen LogP contribution in [0.3, 0.4) is 0 Å². The molecule has 2 aromatic rings. The number of thiazole rings is 1. The highest BCUT2D eigenvalue weighted by molar-refractivity contribution is 7.18. The molecule has 2 aromatic heterocycles. The predicted octanol–water partition coefficient (Wildman–Crippen LogP) is 2.77. The average molecular weight is 253 g/mol. The van der Waals surface area contributed by atoms with Gasteiger partial charge in [0, 0.05) is 0 Å². The maximum absolute atomic E-state index is 11.1. The highest BCUT2D eigenvalue weighted by Crippen LogP contribution is 2.31. The van der Waals surface area contributed by atoms with Crippen LogP contribution < -0.4 is 0 Å². The number of carbonyl (C=O) groups excluding carboxylic acids is 1. The fourth-order valence-electron chi connectivity index (χ4n) is 1.23. The maximum atomic E-state index is 11.1. The minimum atomic E-state index is -0.990. The van der Waals surface area contributed by atoms with Crippen molar-refractivity contribution in [3.63, 3.8) is 0 Å². The van der Waals surface area contributed by atoms with Crippen LogP contribution in [0.4, 0.5) is 0 Å². The standard InChI is InChI=1S/C10H7NO3S2/c1-5(12)6-2-3-7(16-6)8-9(10(13)14)15-4-11-8/h2-4H,1H3,(H,13,14). The molecular weight excluding hydrogens is 246 g/mol. The second-order valence-corrected chi connectivity index (χ2v) is 4.99. The van der Waals surface area contributed by atoms with E-state index in [2.05, 4.69) is 4.98 Å². The number of carboxylic acids is 1. The normalized spacial score (nSPS) is 10.3. The molecule has 0 spiro atoms. The summed E-state index contributed by atoms with van der Waals surface area (Å²) in [6.45, 7) is 1.48. The number of ketones is 1. The van der Waals surface area contributed by atoms with Crippen molar-refractivity contribution in [1.29, 1.82) is 0 Å². The molecule has 4 nitrogen and oxygen atoms in total. The molecule has 0 saturated heterocycles. The van der Waals surface area contributed by atoms with E-state index in [1.807, 2.05) is 0 Å². The van der Waals surface area contributed by atoms with Gasteiger partial charge in [0.1, 0.15) is 10.6 Å². The van der Waals surface area contributed by atoms with Crippen LogP contribution in [0.2, 0.25) is 0 Å². The van der Waals surface area contributed by atoms with Gasteiger partial charge in [0.25, 0.3) is 0 Å². The Morgan fingerprint density at radius 3 is 2.69 bits per heavy atom. The van der Waals surface area contributed by atoms with Crippen molar-refractivity contribution in [2.24, 2.45) is 0 Å². The molecule has 2 rings (SSSR count). The van der Waals surface area contributed by atoms with Crippen LogP contribution in [0.1, 0.15) is 26.3 Å². The number of nitrogens with zero attached hydrogens (tertiary/aromatic N) is 1. The van der Waals surface area contributed by atoms with Gasteiger partial charge in [-0.05, 0) is 19.1 Å². The van der Waals surface area contributed by atoms with E-state index < -0.39 is 5.97 Å². The van der Waals surface area contributed by atoms with Crippen LogP contribution in [-0.2, 0) is 0 Å². The van der Waals surface area contributed by atoms with E-state index in [-0.39, 0.29) is 10.7 Å². The van der Waals surface area contributed by atoms with E-state index in [4.69, 9.17) is 5.11 Å². The number of thiophene rings is 1. The largest absolute Gasteiger partial charge is 0.477 e. The quantitative estimate of drug-likeness (QED) is 0.854. The molecule has 0 aromatic carbocycles. The number of hydrogen-bond donors (Lipinski definition) is 1. The predicted molar refractivity (Wildman–Crippen MR) is 62.4 cm³/mol. The van der Waals surface area contributed by atoms with Crippen molar-refractivity contribution >= 4 is 34.4 Å². The first-order chi connectivity index (χ1) is 7.59. The second kappa shape index (κ2) is 4.15. The molecule has 0 fully saturated rings. The third-order valence-corrected chi connectivity index (χ3v) is 3.96. The Bertz CT molecular complexity index is 556. The minimum absolute atomic E-state index is 0.0247. The number of hydrogen-bond acceptors (Lipinski definition) is 5. The summed E-state index contributed by atoms with van der Waals surface area (Å²) in [7, 11) is 0. The van der Waals surface area contributed by atoms with Gasteiger partial charge in [0.2, 0.25) is 0 Å². The van der Waals surface area contributed by atoms with Crippen LogP contribution in [0.5, 0.6) is 0 Å².